The van der Waals surface area contributed by atoms with Crippen LogP contribution in [0.5, 0.6) is 0 Å². The molecule has 0 aliphatic rings. The summed E-state index contributed by atoms with van der Waals surface area (Å²) in [5.41, 5.74) is 0.944. The van der Waals surface area contributed by atoms with Gasteiger partial charge < -0.3 is 5.32 Å². The van der Waals surface area contributed by atoms with Gasteiger partial charge in [0.2, 0.25) is 0 Å². The first-order valence-electron chi connectivity index (χ1n) is 5.33. The van der Waals surface area contributed by atoms with Gasteiger partial charge in [-0.2, -0.15) is 5.26 Å². The lowest BCUT2D eigenvalue weighted by Gasteiger charge is -2.01. The number of hydrogen-bond donors (Lipinski definition) is 1. The van der Waals surface area contributed by atoms with Gasteiger partial charge in [0.05, 0.1) is 0 Å². The molecule has 0 aliphatic carbocycles. The molecule has 0 aromatic heterocycles. The molecule has 88 valence electrons. The predicted octanol–water partition coefficient (Wildman–Crippen LogP) is 2.88. The number of halogens is 1. The lowest BCUT2D eigenvalue weighted by atomic mass is 10.1. The zero-order valence-electron chi connectivity index (χ0n) is 9.53. The van der Waals surface area contributed by atoms with Crippen molar-refractivity contribution in [3.8, 4) is 6.07 Å². The molecule has 17 heavy (non-hydrogen) atoms. The van der Waals surface area contributed by atoms with E-state index in [9.17, 15) is 4.79 Å². The van der Waals surface area contributed by atoms with Gasteiger partial charge in [-0.05, 0) is 30.2 Å². The van der Waals surface area contributed by atoms with Crippen LogP contribution in [0.2, 0.25) is 0 Å². The van der Waals surface area contributed by atoms with E-state index in [0.717, 1.165) is 16.5 Å². The van der Waals surface area contributed by atoms with Crippen LogP contribution in [-0.2, 0) is 4.79 Å². The summed E-state index contributed by atoms with van der Waals surface area (Å²) >= 11 is 3.34. The summed E-state index contributed by atoms with van der Waals surface area (Å²) in [6.07, 6.45) is 2.43. The molecule has 1 amide bonds. The molecular formula is C13H13BrN2O. The van der Waals surface area contributed by atoms with Crippen LogP contribution in [0.15, 0.2) is 34.3 Å². The van der Waals surface area contributed by atoms with E-state index in [4.69, 9.17) is 5.26 Å². The summed E-state index contributed by atoms with van der Waals surface area (Å²) in [5, 5.41) is 11.6. The minimum absolute atomic E-state index is 0.122. The zero-order chi connectivity index (χ0) is 12.7. The minimum atomic E-state index is -0.325. The molecule has 1 aromatic rings. The molecule has 4 heteroatoms. The van der Waals surface area contributed by atoms with Gasteiger partial charge in [0.25, 0.3) is 5.91 Å². The smallest absolute Gasteiger partial charge is 0.261 e. The SMILES string of the molecule is CCCNC(=O)/C(C#N)=C/c1cccc(Br)c1. The van der Waals surface area contributed by atoms with Crippen molar-refractivity contribution in [3.05, 3.63) is 39.9 Å². The maximum absolute atomic E-state index is 11.6. The fraction of sp³-hybridized carbons (Fsp3) is 0.231. The Hall–Kier alpha value is -1.60. The summed E-state index contributed by atoms with van der Waals surface area (Å²) in [4.78, 5) is 11.6. The summed E-state index contributed by atoms with van der Waals surface area (Å²) in [6.45, 7) is 2.54. The van der Waals surface area contributed by atoms with Crippen LogP contribution in [-0.4, -0.2) is 12.5 Å². The lowest BCUT2D eigenvalue weighted by molar-refractivity contribution is -0.117. The highest BCUT2D eigenvalue weighted by atomic mass is 79.9. The van der Waals surface area contributed by atoms with Gasteiger partial charge in [-0.1, -0.05) is 35.0 Å². The molecule has 0 radical (unpaired) electrons. The third-order valence-corrected chi connectivity index (χ3v) is 2.55. The molecule has 1 N–H and O–H groups in total. The van der Waals surface area contributed by atoms with Gasteiger partial charge in [-0.3, -0.25) is 4.79 Å². The first kappa shape index (κ1) is 13.5. The number of nitriles is 1. The van der Waals surface area contributed by atoms with E-state index in [0.29, 0.717) is 6.54 Å². The van der Waals surface area contributed by atoms with Gasteiger partial charge in [0, 0.05) is 11.0 Å². The van der Waals surface area contributed by atoms with Crippen molar-refractivity contribution in [1.82, 2.24) is 5.32 Å². The molecule has 0 saturated heterocycles. The molecule has 0 bridgehead atoms. The number of benzene rings is 1. The van der Waals surface area contributed by atoms with Crippen LogP contribution in [0.3, 0.4) is 0 Å². The third-order valence-electron chi connectivity index (χ3n) is 2.06. The topological polar surface area (TPSA) is 52.9 Å². The highest BCUT2D eigenvalue weighted by Gasteiger charge is 2.07. The number of carbonyl (C=O) groups excluding carboxylic acids is 1. The number of amides is 1. The molecule has 0 atom stereocenters. The first-order valence-corrected chi connectivity index (χ1v) is 6.12. The zero-order valence-corrected chi connectivity index (χ0v) is 11.1. The van der Waals surface area contributed by atoms with Crippen molar-refractivity contribution in [1.29, 1.82) is 5.26 Å². The number of nitrogens with one attached hydrogen (secondary N) is 1. The van der Waals surface area contributed by atoms with Gasteiger partial charge in [-0.15, -0.1) is 0 Å². The highest BCUT2D eigenvalue weighted by molar-refractivity contribution is 9.10. The Morgan fingerprint density at radius 2 is 2.35 bits per heavy atom. The van der Waals surface area contributed by atoms with Crippen molar-refractivity contribution in [3.63, 3.8) is 0 Å². The Balaban J connectivity index is 2.87. The largest absolute Gasteiger partial charge is 0.351 e. The maximum Gasteiger partial charge on any atom is 0.261 e. The Kier molecular flexibility index (Phi) is 5.44. The Bertz CT molecular complexity index is 475. The number of nitrogens with zero attached hydrogens (tertiary/aromatic N) is 1. The standard InChI is InChI=1S/C13H13BrN2O/c1-2-6-16-13(17)11(9-15)7-10-4-3-5-12(14)8-10/h3-5,7-8H,2,6H2,1H3,(H,16,17)/b11-7+. The van der Waals surface area contributed by atoms with Gasteiger partial charge >= 0.3 is 0 Å². The van der Waals surface area contributed by atoms with Crippen LogP contribution < -0.4 is 5.32 Å². The van der Waals surface area contributed by atoms with Crippen molar-refractivity contribution in [2.75, 3.05) is 6.54 Å². The fourth-order valence-electron chi connectivity index (χ4n) is 1.25. The molecule has 0 spiro atoms. The highest BCUT2D eigenvalue weighted by Crippen LogP contribution is 2.14. The van der Waals surface area contributed by atoms with Crippen LogP contribution in [0.1, 0.15) is 18.9 Å². The van der Waals surface area contributed by atoms with E-state index in [2.05, 4.69) is 21.2 Å². The van der Waals surface area contributed by atoms with Crippen molar-refractivity contribution < 1.29 is 4.79 Å². The monoisotopic (exact) mass is 292 g/mol. The van der Waals surface area contributed by atoms with E-state index < -0.39 is 0 Å². The Morgan fingerprint density at radius 3 is 2.94 bits per heavy atom. The van der Waals surface area contributed by atoms with Crippen LogP contribution in [0.4, 0.5) is 0 Å². The molecule has 0 fully saturated rings. The van der Waals surface area contributed by atoms with E-state index in [1.807, 2.05) is 37.3 Å². The van der Waals surface area contributed by atoms with Gasteiger partial charge in [0.15, 0.2) is 0 Å². The average molecular weight is 293 g/mol. The second-order valence-corrected chi connectivity index (χ2v) is 4.40. The number of carbonyl (C=O) groups is 1. The number of hydrogen-bond acceptors (Lipinski definition) is 2. The molecule has 3 nitrogen and oxygen atoms in total. The molecular weight excluding hydrogens is 280 g/mol. The van der Waals surface area contributed by atoms with Gasteiger partial charge in [-0.25, -0.2) is 0 Å². The average Bonchev–Trinajstić information content (AvgIpc) is 2.33. The van der Waals surface area contributed by atoms with E-state index in [-0.39, 0.29) is 11.5 Å². The fourth-order valence-corrected chi connectivity index (χ4v) is 1.66. The summed E-state index contributed by atoms with van der Waals surface area (Å²) < 4.78 is 0.914. The van der Waals surface area contributed by atoms with Crippen LogP contribution in [0, 0.1) is 11.3 Å². The summed E-state index contributed by atoms with van der Waals surface area (Å²) in [6, 6.07) is 9.35. The normalized spacial score (nSPS) is 10.8. The second kappa shape index (κ2) is 6.87. The van der Waals surface area contributed by atoms with Crippen molar-refractivity contribution in [2.24, 2.45) is 0 Å². The van der Waals surface area contributed by atoms with E-state index >= 15 is 0 Å². The van der Waals surface area contributed by atoms with Crippen molar-refractivity contribution in [2.45, 2.75) is 13.3 Å². The molecule has 0 heterocycles. The maximum atomic E-state index is 11.6. The van der Waals surface area contributed by atoms with Crippen LogP contribution in [0.25, 0.3) is 6.08 Å². The summed E-state index contributed by atoms with van der Waals surface area (Å²) in [5.74, 6) is -0.325. The van der Waals surface area contributed by atoms with Gasteiger partial charge in [0.1, 0.15) is 11.6 Å². The second-order valence-electron chi connectivity index (χ2n) is 3.48. The van der Waals surface area contributed by atoms with E-state index in [1.54, 1.807) is 6.08 Å². The molecule has 0 unspecified atom stereocenters. The minimum Gasteiger partial charge on any atom is -0.351 e. The Labute approximate surface area is 109 Å². The summed E-state index contributed by atoms with van der Waals surface area (Å²) in [7, 11) is 0. The predicted molar refractivity (Wildman–Crippen MR) is 71.0 cm³/mol. The molecule has 0 aliphatic heterocycles. The Morgan fingerprint density at radius 1 is 1.59 bits per heavy atom. The molecule has 1 rings (SSSR count). The molecule has 1 aromatic carbocycles. The third kappa shape index (κ3) is 4.41. The molecule has 0 saturated carbocycles. The van der Waals surface area contributed by atoms with Crippen LogP contribution >= 0.6 is 15.9 Å². The van der Waals surface area contributed by atoms with E-state index in [1.165, 1.54) is 0 Å². The lowest BCUT2D eigenvalue weighted by Crippen LogP contribution is -2.25. The van der Waals surface area contributed by atoms with Crippen molar-refractivity contribution >= 4 is 27.9 Å². The first-order chi connectivity index (χ1) is 8.17. The quantitative estimate of drug-likeness (QED) is 0.685. The number of rotatable bonds is 4.